The smallest absolute Gasteiger partial charge is 0.870 e. The Balaban J connectivity index is -0.000000468. The molecule has 0 amide bonds. The zero-order valence-electron chi connectivity index (χ0n) is 84.6. The molecular formula is C105H169BrCl2N3NaO23P2Pd. The van der Waals surface area contributed by atoms with E-state index in [1.807, 2.05) is 36.4 Å². The Morgan fingerprint density at radius 2 is 1.01 bits per heavy atom. The molecular weight excluding hydrogens is 2010 g/mol. The monoisotopic (exact) mass is 2180 g/mol. The molecule has 0 bridgehead atoms. The van der Waals surface area contributed by atoms with Crippen molar-refractivity contribution >= 4 is 98.0 Å². The first kappa shape index (κ1) is 142. The van der Waals surface area contributed by atoms with Gasteiger partial charge in [-0.2, -0.15) is 15.8 Å². The third-order valence-electron chi connectivity index (χ3n) is 22.2. The Kier molecular flexibility index (Phi) is 104. The number of aliphatic hydroxyl groups excluding tert-OH is 2. The summed E-state index contributed by atoms with van der Waals surface area (Å²) in [5.74, 6) is 3.71. The molecule has 0 saturated carbocycles. The van der Waals surface area contributed by atoms with E-state index in [2.05, 4.69) is 60.5 Å². The normalized spacial score (nSPS) is 22.2. The summed E-state index contributed by atoms with van der Waals surface area (Å²) in [6, 6.07) is 5.82. The van der Waals surface area contributed by atoms with Gasteiger partial charge in [0.05, 0.1) is 97.0 Å². The Hall–Kier alpha value is -4.37. The van der Waals surface area contributed by atoms with Crippen LogP contribution in [0.25, 0.3) is 0 Å². The Labute approximate surface area is 876 Å². The second-order valence-corrected chi connectivity index (χ2v) is 42.4. The third-order valence-corrected chi connectivity index (χ3v) is 26.2. The van der Waals surface area contributed by atoms with Gasteiger partial charge >= 0.3 is 64.6 Å². The number of Topliss-reactive ketones (excluding diaryl/α,β-unsaturated/α-hetero) is 3. The van der Waals surface area contributed by atoms with Gasteiger partial charge in [-0.1, -0.05) is 81.3 Å². The summed E-state index contributed by atoms with van der Waals surface area (Å²) < 4.78 is 74.6. The molecule has 3 aliphatic carbocycles. The second kappa shape index (κ2) is 101. The van der Waals surface area contributed by atoms with Crippen LogP contribution in [0, 0.1) is 75.4 Å². The standard InChI is InChI=1S/C13H17NO.C13H18O2.C11H18O3.C11H16O2.C11H20O2.C11H18O2.C8H14NO2P.C6H10O2.C6H8O2.C5H9Br.C5H10NO2P.C3H4O.C2H6O.2ClH.Na.H2O.Pd/c2*14-7-6-11-3-1-4-12(9-11)13-5-2-8-15-10-13;1-9(12)4-2-6-11(13)10-5-3-7-14-8-10;12-11-5-1-3-9(7-11)10-4-2-6-13-8-10;2*1-2-3-4-7-11(12)10-6-5-8-13-9-10;1-4-11-12(3,10)7-8(2)5-6-9;2*7-4-6-2-1-3-8-5-6;1-2-3-4-5-6;1-3-8-9(2,7)5-4-6;1-2-3-4;1-2-3;;;;;/h6,9,13H,1-5,8,10H2;6-7,9,13H,1-5,8,10H2;10H,2-8H2,1H3;7,10H,1-6,8H2;2,10-12H,1,3-9H2;2,10H,1,3-9H2;5H,4,7H2,1-3H3;4,6H,1-3,5H2;2,4H,1,3,5H2;2H,1,3-5H2;3,5H2,1-2H3;2-3H,1H2;3H,2H2,1H3;2*1H;;1H2;/q;;;;;;;;;;;;;;;+1;;+2/p-3/b2*11-6+;;;;;8-5+;;;;;;;;;;;. The summed E-state index contributed by atoms with van der Waals surface area (Å²) >= 11 is 3.20. The predicted molar refractivity (Wildman–Crippen MR) is 549 cm³/mol. The van der Waals surface area contributed by atoms with E-state index in [1.54, 1.807) is 59.5 Å². The van der Waals surface area contributed by atoms with E-state index in [0.717, 1.165) is 249 Å². The van der Waals surface area contributed by atoms with E-state index < -0.39 is 14.7 Å². The SMILES string of the molecule is C=CC=O.C=CCCCBr.C=CCCCC(=O)C1CCCOC1.C=CCCCC(O)C1CCCOC1.CC(=O)CCCC(=O)C1CCCOC1.CCO.CCOP(C)(=O)C/C(C)=C/C#N.CCOP(C)(=O)CC#N.N#C/C=C1/C=C(C2CCCOC2)CCC1.O=C/C=C1/C=C(C2CCCOC2)CCC1.O=C1C=C(C2CCCOC2)CCC1.O=CC1=CCCOC1.O=CC1CCCOC1.[Cl][Pd][Cl].[Na+].[OH-]. The van der Waals surface area contributed by atoms with Crippen LogP contribution < -0.4 is 29.6 Å². The molecule has 7 fully saturated rings. The fraction of sp³-hybridized carbons (Fsp3) is 0.686. The first-order valence-electron chi connectivity index (χ1n) is 48.7. The Morgan fingerprint density at radius 3 is 1.38 bits per heavy atom. The number of ether oxygens (including phenoxy) is 8. The molecule has 0 aromatic carbocycles. The van der Waals surface area contributed by atoms with Gasteiger partial charge in [0.1, 0.15) is 48.7 Å². The average molecular weight is 2180 g/mol. The molecule has 33 heteroatoms. The molecule has 26 nitrogen and oxygen atoms in total. The zero-order valence-corrected chi connectivity index (χ0v) is 93.0. The van der Waals surface area contributed by atoms with Gasteiger partial charge in [-0.25, -0.2) is 0 Å². The largest absolute Gasteiger partial charge is 1.00 e. The van der Waals surface area contributed by atoms with Crippen molar-refractivity contribution in [2.75, 3.05) is 157 Å². The average Bonchev–Trinajstić information content (AvgIpc) is 0.877. The van der Waals surface area contributed by atoms with Crippen LogP contribution in [0.4, 0.5) is 0 Å². The number of hydrogen-bond donors (Lipinski definition) is 2. The number of aliphatic hydroxyl groups is 2. The van der Waals surface area contributed by atoms with Gasteiger partial charge < -0.3 is 72.2 Å². The molecule has 7 saturated heterocycles. The van der Waals surface area contributed by atoms with Crippen LogP contribution in [0.3, 0.4) is 0 Å². The first-order valence-corrected chi connectivity index (χ1v) is 58.4. The number of unbranched alkanes of at least 4 members (excludes halogenated alkanes) is 3. The number of nitrogens with zero attached hydrogens (tertiary/aromatic N) is 3. The predicted octanol–water partition coefficient (Wildman–Crippen LogP) is 19.8. The number of rotatable bonds is 32. The number of halogens is 3. The Morgan fingerprint density at radius 1 is 0.572 bits per heavy atom. The minimum atomic E-state index is -2.55. The number of carbonyl (C=O) groups excluding carboxylic acids is 8. The van der Waals surface area contributed by atoms with E-state index in [-0.39, 0.29) is 99.2 Å². The molecule has 0 aromatic rings. The molecule has 138 heavy (non-hydrogen) atoms. The van der Waals surface area contributed by atoms with E-state index in [4.69, 9.17) is 91.7 Å². The molecule has 8 aliphatic heterocycles. The van der Waals surface area contributed by atoms with Gasteiger partial charge in [-0.15, -0.1) is 19.7 Å². The number of ketones is 4. The summed E-state index contributed by atoms with van der Waals surface area (Å²) in [5.41, 5.74) is 8.31. The molecule has 8 heterocycles. The van der Waals surface area contributed by atoms with Crippen LogP contribution in [-0.4, -0.2) is 227 Å². The van der Waals surface area contributed by atoms with Crippen molar-refractivity contribution in [1.29, 1.82) is 15.8 Å². The number of alkyl halides is 1. The summed E-state index contributed by atoms with van der Waals surface area (Å²) in [5, 5.41) is 43.5. The fourth-order valence-electron chi connectivity index (χ4n) is 15.3. The van der Waals surface area contributed by atoms with Crippen molar-refractivity contribution in [3.63, 3.8) is 0 Å². The number of hydrogen-bond acceptors (Lipinski definition) is 26. The van der Waals surface area contributed by atoms with Crippen molar-refractivity contribution in [2.24, 2.45) is 41.4 Å². The second-order valence-electron chi connectivity index (χ2n) is 34.1. The minimum Gasteiger partial charge on any atom is -0.870 e. The summed E-state index contributed by atoms with van der Waals surface area (Å²) in [6.45, 7) is 39.3. The summed E-state index contributed by atoms with van der Waals surface area (Å²) in [4.78, 5) is 84.6. The number of allylic oxidation sites excluding steroid dienone is 13. The van der Waals surface area contributed by atoms with Crippen molar-refractivity contribution in [3.05, 3.63) is 132 Å². The van der Waals surface area contributed by atoms with Crippen molar-refractivity contribution in [2.45, 2.75) is 265 Å². The van der Waals surface area contributed by atoms with Crippen LogP contribution in [-0.2, 0) is 110 Å². The van der Waals surface area contributed by atoms with Crippen LogP contribution in [0.15, 0.2) is 132 Å². The van der Waals surface area contributed by atoms with Crippen molar-refractivity contribution in [1.82, 2.24) is 0 Å². The van der Waals surface area contributed by atoms with Crippen molar-refractivity contribution in [3.8, 4) is 18.2 Å². The van der Waals surface area contributed by atoms with Crippen LogP contribution >= 0.6 is 49.7 Å². The number of nitriles is 3. The van der Waals surface area contributed by atoms with E-state index in [9.17, 15) is 47.8 Å². The van der Waals surface area contributed by atoms with Crippen LogP contribution in [0.2, 0.25) is 0 Å². The van der Waals surface area contributed by atoms with E-state index in [0.29, 0.717) is 113 Å². The van der Waals surface area contributed by atoms with Gasteiger partial charge in [0, 0.05) is 163 Å². The number of aldehydes is 4. The molecule has 10 atom stereocenters. The zero-order chi connectivity index (χ0) is 102. The summed E-state index contributed by atoms with van der Waals surface area (Å²) in [7, 11) is 4.58. The van der Waals surface area contributed by atoms with Crippen LogP contribution in [0.1, 0.15) is 259 Å². The van der Waals surface area contributed by atoms with E-state index >= 15 is 0 Å². The topological polar surface area (TPSA) is 405 Å². The Bertz CT molecular complexity index is 3680. The van der Waals surface area contributed by atoms with Gasteiger partial charge in [0.15, 0.2) is 5.78 Å². The fourth-order valence-corrected chi connectivity index (χ4v) is 18.1. The van der Waals surface area contributed by atoms with Gasteiger partial charge in [0.25, 0.3) is 0 Å². The maximum Gasteiger partial charge on any atom is 1.00 e. The number of carbonyl (C=O) groups is 8. The minimum absolute atomic E-state index is 0. The molecule has 10 unspecified atom stereocenters. The van der Waals surface area contributed by atoms with Crippen LogP contribution in [0.5, 0.6) is 0 Å². The molecule has 784 valence electrons. The molecule has 0 spiro atoms. The maximum absolute atomic E-state index is 11.6. The van der Waals surface area contributed by atoms with Gasteiger partial charge in [0.2, 0.25) is 14.7 Å². The quantitative estimate of drug-likeness (QED) is 0.00923. The molecule has 0 aromatic heterocycles. The maximum atomic E-state index is 11.6. The molecule has 0 radical (unpaired) electrons. The van der Waals surface area contributed by atoms with E-state index in [1.165, 1.54) is 111 Å². The molecule has 11 rings (SSSR count). The van der Waals surface area contributed by atoms with Gasteiger partial charge in [-0.3, -0.25) is 37.9 Å². The molecule has 11 aliphatic rings. The van der Waals surface area contributed by atoms with Gasteiger partial charge in [-0.05, 0) is 263 Å². The van der Waals surface area contributed by atoms with Crippen molar-refractivity contribution < 1.29 is 156 Å². The first-order chi connectivity index (χ1) is 65.7. The molecule has 3 N–H and O–H groups in total. The third kappa shape index (κ3) is 83.9. The summed E-state index contributed by atoms with van der Waals surface area (Å²) in [6.07, 6.45) is 59.3.